The van der Waals surface area contributed by atoms with Crippen LogP contribution in [-0.2, 0) is 30.8 Å². The molecule has 1 aliphatic rings. The lowest BCUT2D eigenvalue weighted by Gasteiger charge is -2.38. The van der Waals surface area contributed by atoms with E-state index >= 15 is 0 Å². The lowest BCUT2D eigenvalue weighted by atomic mass is 9.70. The number of sulfonamides is 1. The first kappa shape index (κ1) is 20.4. The molecule has 1 aromatic carbocycles. The number of esters is 1. The van der Waals surface area contributed by atoms with Gasteiger partial charge in [0.25, 0.3) is 0 Å². The van der Waals surface area contributed by atoms with E-state index in [2.05, 4.69) is 4.72 Å². The summed E-state index contributed by atoms with van der Waals surface area (Å²) in [4.78, 5) is 22.9. The Labute approximate surface area is 153 Å². The van der Waals surface area contributed by atoms with Gasteiger partial charge in [-0.3, -0.25) is 9.59 Å². The summed E-state index contributed by atoms with van der Waals surface area (Å²) in [5, 5.41) is 8.93. The number of ether oxygens (including phenoxy) is 1. The molecule has 26 heavy (non-hydrogen) atoms. The summed E-state index contributed by atoms with van der Waals surface area (Å²) in [5.74, 6) is -1.81. The van der Waals surface area contributed by atoms with Crippen molar-refractivity contribution in [3.8, 4) is 0 Å². The van der Waals surface area contributed by atoms with E-state index in [9.17, 15) is 18.0 Å². The molecule has 0 amide bonds. The van der Waals surface area contributed by atoms with E-state index in [-0.39, 0.29) is 18.6 Å². The van der Waals surface area contributed by atoms with Crippen molar-refractivity contribution in [3.63, 3.8) is 0 Å². The first-order chi connectivity index (χ1) is 12.3. The molecule has 0 radical (unpaired) electrons. The number of nitrogens with one attached hydrogen (secondary N) is 1. The molecule has 0 spiro atoms. The van der Waals surface area contributed by atoms with Crippen molar-refractivity contribution in [1.82, 2.24) is 4.72 Å². The molecule has 2 rings (SSSR count). The average Bonchev–Trinajstić information content (AvgIpc) is 2.56. The number of methoxy groups -OCH3 is 1. The van der Waals surface area contributed by atoms with E-state index in [1.165, 1.54) is 7.11 Å². The molecule has 144 valence electrons. The van der Waals surface area contributed by atoms with Crippen LogP contribution in [0.1, 0.15) is 37.7 Å². The first-order valence-electron chi connectivity index (χ1n) is 8.60. The van der Waals surface area contributed by atoms with Crippen LogP contribution in [0.4, 0.5) is 0 Å². The molecule has 7 nitrogen and oxygen atoms in total. The summed E-state index contributed by atoms with van der Waals surface area (Å²) in [6, 6.07) is 8.73. The van der Waals surface area contributed by atoms with E-state index in [1.807, 2.05) is 30.3 Å². The van der Waals surface area contributed by atoms with Gasteiger partial charge in [0.05, 0.1) is 18.3 Å². The zero-order valence-electron chi connectivity index (χ0n) is 14.8. The fourth-order valence-electron chi connectivity index (χ4n) is 3.29. The monoisotopic (exact) mass is 383 g/mol. The molecular weight excluding hydrogens is 358 g/mol. The summed E-state index contributed by atoms with van der Waals surface area (Å²) in [7, 11) is -2.51. The number of carbonyl (C=O) groups is 2. The van der Waals surface area contributed by atoms with E-state index in [4.69, 9.17) is 9.84 Å². The van der Waals surface area contributed by atoms with Crippen LogP contribution in [0.3, 0.4) is 0 Å². The van der Waals surface area contributed by atoms with Gasteiger partial charge in [-0.1, -0.05) is 36.8 Å². The quantitative estimate of drug-likeness (QED) is 0.596. The summed E-state index contributed by atoms with van der Waals surface area (Å²) in [6.45, 7) is 0. The highest BCUT2D eigenvalue weighted by atomic mass is 32.2. The molecule has 8 heteroatoms. The van der Waals surface area contributed by atoms with E-state index in [0.29, 0.717) is 19.3 Å². The maximum atomic E-state index is 12.6. The van der Waals surface area contributed by atoms with Gasteiger partial charge in [0.15, 0.2) is 0 Å². The van der Waals surface area contributed by atoms with Crippen LogP contribution in [0, 0.1) is 5.41 Å². The van der Waals surface area contributed by atoms with Gasteiger partial charge in [0, 0.05) is 12.5 Å². The van der Waals surface area contributed by atoms with Crippen LogP contribution in [0.15, 0.2) is 30.3 Å². The second-order valence-electron chi connectivity index (χ2n) is 6.82. The van der Waals surface area contributed by atoms with E-state index < -0.39 is 33.4 Å². The molecular formula is C18H25NO6S. The lowest BCUT2D eigenvalue weighted by Crippen LogP contribution is -2.49. The number of rotatable bonds is 10. The Morgan fingerprint density at radius 3 is 2.42 bits per heavy atom. The Morgan fingerprint density at radius 1 is 1.27 bits per heavy atom. The summed E-state index contributed by atoms with van der Waals surface area (Å²) in [5.41, 5.74) is -0.0677. The fraction of sp³-hybridized carbons (Fsp3) is 0.556. The molecule has 2 N–H and O–H groups in total. The Bertz CT molecular complexity index is 727. The van der Waals surface area contributed by atoms with Gasteiger partial charge in [-0.15, -0.1) is 0 Å². The minimum absolute atomic E-state index is 0.137. The molecule has 1 aliphatic carbocycles. The smallest absolute Gasteiger partial charge is 0.312 e. The van der Waals surface area contributed by atoms with Gasteiger partial charge in [-0.2, -0.15) is 0 Å². The normalized spacial score (nSPS) is 17.1. The van der Waals surface area contributed by atoms with Crippen molar-refractivity contribution in [1.29, 1.82) is 0 Å². The molecule has 1 unspecified atom stereocenters. The van der Waals surface area contributed by atoms with Crippen LogP contribution in [0.2, 0.25) is 0 Å². The van der Waals surface area contributed by atoms with Crippen molar-refractivity contribution in [3.05, 3.63) is 35.9 Å². The van der Waals surface area contributed by atoms with E-state index in [0.717, 1.165) is 12.0 Å². The number of carbonyl (C=O) groups excluding carboxylic acids is 1. The third-order valence-electron chi connectivity index (χ3n) is 4.77. The van der Waals surface area contributed by atoms with Crippen molar-refractivity contribution >= 4 is 22.0 Å². The topological polar surface area (TPSA) is 110 Å². The molecule has 0 aliphatic heterocycles. The van der Waals surface area contributed by atoms with Gasteiger partial charge in [-0.25, -0.2) is 13.1 Å². The third kappa shape index (κ3) is 5.54. The van der Waals surface area contributed by atoms with Crippen LogP contribution in [-0.4, -0.2) is 44.4 Å². The zero-order chi connectivity index (χ0) is 19.2. The zero-order valence-corrected chi connectivity index (χ0v) is 15.6. The van der Waals surface area contributed by atoms with Gasteiger partial charge in [-0.05, 0) is 31.2 Å². The number of hydrogen-bond donors (Lipinski definition) is 2. The largest absolute Gasteiger partial charge is 0.481 e. The lowest BCUT2D eigenvalue weighted by molar-refractivity contribution is -0.156. The van der Waals surface area contributed by atoms with Crippen molar-refractivity contribution < 1.29 is 27.9 Å². The Hall–Kier alpha value is -1.93. The van der Waals surface area contributed by atoms with Crippen LogP contribution >= 0.6 is 0 Å². The molecule has 1 saturated carbocycles. The Balaban J connectivity index is 2.09. The second kappa shape index (κ2) is 8.64. The van der Waals surface area contributed by atoms with E-state index in [1.54, 1.807) is 0 Å². The van der Waals surface area contributed by atoms with Gasteiger partial charge in [0.2, 0.25) is 10.0 Å². The minimum atomic E-state index is -3.77. The molecule has 1 atom stereocenters. The van der Waals surface area contributed by atoms with Gasteiger partial charge in [0.1, 0.15) is 0 Å². The number of carboxylic acid groups (broad SMARTS) is 1. The summed E-state index contributed by atoms with van der Waals surface area (Å²) in [6.07, 6.45) is 2.19. The average molecular weight is 383 g/mol. The van der Waals surface area contributed by atoms with Crippen molar-refractivity contribution in [2.24, 2.45) is 5.41 Å². The predicted octanol–water partition coefficient (Wildman–Crippen LogP) is 1.73. The third-order valence-corrected chi connectivity index (χ3v) is 6.40. The van der Waals surface area contributed by atoms with Crippen LogP contribution < -0.4 is 4.72 Å². The molecule has 0 heterocycles. The number of benzene rings is 1. The summed E-state index contributed by atoms with van der Waals surface area (Å²) < 4.78 is 32.7. The highest BCUT2D eigenvalue weighted by molar-refractivity contribution is 7.89. The minimum Gasteiger partial charge on any atom is -0.481 e. The Kier molecular flexibility index (Phi) is 6.77. The number of carboxylic acids is 1. The SMILES string of the molecule is COC(=O)C1(CS(=O)(=O)NC(CCC(=O)O)Cc2ccccc2)CCC1. The van der Waals surface area contributed by atoms with Gasteiger partial charge >= 0.3 is 11.9 Å². The number of aliphatic carboxylic acids is 1. The molecule has 1 aromatic rings. The predicted molar refractivity (Wildman–Crippen MR) is 96.0 cm³/mol. The second-order valence-corrected chi connectivity index (χ2v) is 8.58. The molecule has 0 aromatic heterocycles. The standard InChI is InChI=1S/C18H25NO6S/c1-25-17(22)18(10-5-11-18)13-26(23,24)19-15(8-9-16(20)21)12-14-6-3-2-4-7-14/h2-4,6-7,15,19H,5,8-13H2,1H3,(H,20,21). The molecule has 0 saturated heterocycles. The van der Waals surface area contributed by atoms with Gasteiger partial charge < -0.3 is 9.84 Å². The highest BCUT2D eigenvalue weighted by Gasteiger charge is 2.48. The maximum absolute atomic E-state index is 12.6. The summed E-state index contributed by atoms with van der Waals surface area (Å²) >= 11 is 0. The Morgan fingerprint density at radius 2 is 1.92 bits per heavy atom. The van der Waals surface area contributed by atoms with Crippen LogP contribution in [0.5, 0.6) is 0 Å². The maximum Gasteiger partial charge on any atom is 0.312 e. The first-order valence-corrected chi connectivity index (χ1v) is 10.3. The van der Waals surface area contributed by atoms with Crippen molar-refractivity contribution in [2.45, 2.75) is 44.6 Å². The van der Waals surface area contributed by atoms with Crippen molar-refractivity contribution in [2.75, 3.05) is 12.9 Å². The molecule has 1 fully saturated rings. The van der Waals surface area contributed by atoms with Crippen LogP contribution in [0.25, 0.3) is 0 Å². The number of hydrogen-bond acceptors (Lipinski definition) is 5. The fourth-order valence-corrected chi connectivity index (χ4v) is 5.21. The molecule has 0 bridgehead atoms. The highest BCUT2D eigenvalue weighted by Crippen LogP contribution is 2.43.